The molecule has 0 saturated carbocycles. The molecule has 0 radical (unpaired) electrons. The van der Waals surface area contributed by atoms with Gasteiger partial charge in [-0.25, -0.2) is 0 Å². The topological polar surface area (TPSA) is 44.4 Å². The van der Waals surface area contributed by atoms with E-state index < -0.39 is 0 Å². The van der Waals surface area contributed by atoms with Gasteiger partial charge in [-0.3, -0.25) is 4.79 Å². The summed E-state index contributed by atoms with van der Waals surface area (Å²) in [6.07, 6.45) is 2.39. The van der Waals surface area contributed by atoms with Crippen LogP contribution in [0.1, 0.15) is 26.7 Å². The fraction of sp³-hybridized carbons (Fsp3) is 0.467. The molecule has 2 rings (SSSR count). The Morgan fingerprint density at radius 1 is 1.38 bits per heavy atom. The van der Waals surface area contributed by atoms with Gasteiger partial charge in [-0.2, -0.15) is 0 Å². The number of piperidine rings is 1. The van der Waals surface area contributed by atoms with Crippen LogP contribution in [-0.2, 0) is 4.79 Å². The second-order valence-electron chi connectivity index (χ2n) is 5.47. The fourth-order valence-corrected chi connectivity index (χ4v) is 2.97. The van der Waals surface area contributed by atoms with Gasteiger partial charge in [0.25, 0.3) is 0 Å². The molecule has 4 nitrogen and oxygen atoms in total. The molecule has 0 unspecified atom stereocenters. The van der Waals surface area contributed by atoms with Gasteiger partial charge in [0, 0.05) is 25.7 Å². The molecular formula is C15H20ClN3OS. The highest BCUT2D eigenvalue weighted by atomic mass is 35.5. The van der Waals surface area contributed by atoms with Crippen molar-refractivity contribution in [3.05, 3.63) is 23.2 Å². The number of hydrogen-bond acceptors (Lipinski definition) is 3. The normalized spacial score (nSPS) is 15.7. The molecule has 114 valence electrons. The van der Waals surface area contributed by atoms with Crippen molar-refractivity contribution in [1.82, 2.24) is 5.32 Å². The number of hydrogen-bond donors (Lipinski definition) is 2. The maximum Gasteiger partial charge on any atom is 0.222 e. The molecule has 1 heterocycles. The van der Waals surface area contributed by atoms with Crippen LogP contribution in [0.4, 0.5) is 11.4 Å². The van der Waals surface area contributed by atoms with Crippen molar-refractivity contribution in [1.29, 1.82) is 0 Å². The minimum absolute atomic E-state index is 0.197. The number of amides is 1. The first-order chi connectivity index (χ1) is 9.95. The smallest absolute Gasteiger partial charge is 0.222 e. The lowest BCUT2D eigenvalue weighted by Gasteiger charge is -2.32. The summed E-state index contributed by atoms with van der Waals surface area (Å²) < 4.78 is 0. The van der Waals surface area contributed by atoms with Crippen LogP contribution in [0.2, 0.25) is 5.02 Å². The fourth-order valence-electron chi connectivity index (χ4n) is 2.41. The van der Waals surface area contributed by atoms with E-state index in [4.69, 9.17) is 23.8 Å². The average molecular weight is 326 g/mol. The number of nitrogens with one attached hydrogen (secondary N) is 2. The molecule has 1 aromatic rings. The third-order valence-electron chi connectivity index (χ3n) is 3.62. The first kappa shape index (κ1) is 16.0. The van der Waals surface area contributed by atoms with Crippen molar-refractivity contribution in [3.63, 3.8) is 0 Å². The first-order valence-electron chi connectivity index (χ1n) is 7.09. The van der Waals surface area contributed by atoms with Gasteiger partial charge < -0.3 is 15.5 Å². The quantitative estimate of drug-likeness (QED) is 0.818. The zero-order valence-electron chi connectivity index (χ0n) is 12.3. The van der Waals surface area contributed by atoms with Crippen molar-refractivity contribution < 1.29 is 4.79 Å². The summed E-state index contributed by atoms with van der Waals surface area (Å²) >= 11 is 11.4. The van der Waals surface area contributed by atoms with Crippen molar-refractivity contribution in [2.75, 3.05) is 23.3 Å². The van der Waals surface area contributed by atoms with Gasteiger partial charge in [0.15, 0.2) is 5.11 Å². The lowest BCUT2D eigenvalue weighted by molar-refractivity contribution is -0.117. The molecule has 1 fully saturated rings. The van der Waals surface area contributed by atoms with Gasteiger partial charge in [0.1, 0.15) is 0 Å². The zero-order valence-corrected chi connectivity index (χ0v) is 13.9. The minimum atomic E-state index is -0.197. The maximum absolute atomic E-state index is 10.9. The number of rotatable bonds is 2. The largest absolute Gasteiger partial charge is 0.370 e. The molecule has 1 saturated heterocycles. The summed E-state index contributed by atoms with van der Waals surface area (Å²) in [6, 6.07) is 5.76. The van der Waals surface area contributed by atoms with Crippen molar-refractivity contribution in [2.45, 2.75) is 26.7 Å². The van der Waals surface area contributed by atoms with Crippen LogP contribution in [0.5, 0.6) is 0 Å². The van der Waals surface area contributed by atoms with Crippen LogP contribution in [0, 0.1) is 5.92 Å². The summed E-state index contributed by atoms with van der Waals surface area (Å²) in [4.78, 5) is 13.2. The Hall–Kier alpha value is -1.33. The van der Waals surface area contributed by atoms with Gasteiger partial charge in [-0.15, -0.1) is 0 Å². The summed E-state index contributed by atoms with van der Waals surface area (Å²) in [5.41, 5.74) is 1.83. The van der Waals surface area contributed by atoms with E-state index in [0.717, 1.165) is 30.4 Å². The maximum atomic E-state index is 10.9. The van der Waals surface area contributed by atoms with Crippen molar-refractivity contribution in [2.24, 2.45) is 5.92 Å². The van der Waals surface area contributed by atoms with Crippen molar-refractivity contribution in [3.8, 4) is 0 Å². The minimum Gasteiger partial charge on any atom is -0.370 e. The summed E-state index contributed by atoms with van der Waals surface area (Å²) in [5.74, 6) is 0.591. The summed E-state index contributed by atoms with van der Waals surface area (Å²) in [7, 11) is 0. The standard InChI is InChI=1S/C15H20ClN3OS/c1-10-5-7-19(8-6-10)14-4-3-12(9-13(14)16)18-15(21)17-11(2)20/h3-4,9-10H,5-8H2,1-2H3,(H2,17,18,20,21). The van der Waals surface area contributed by atoms with Gasteiger partial charge in [0.05, 0.1) is 10.7 Å². The Balaban J connectivity index is 2.03. The third-order valence-corrected chi connectivity index (χ3v) is 4.13. The number of carbonyl (C=O) groups excluding carboxylic acids is 1. The van der Waals surface area contributed by atoms with E-state index in [1.165, 1.54) is 19.8 Å². The predicted molar refractivity (Wildman–Crippen MR) is 92.1 cm³/mol. The predicted octanol–water partition coefficient (Wildman–Crippen LogP) is 3.41. The van der Waals surface area contributed by atoms with Gasteiger partial charge in [-0.1, -0.05) is 18.5 Å². The lowest BCUT2D eigenvalue weighted by atomic mass is 9.99. The van der Waals surface area contributed by atoms with Gasteiger partial charge in [0.2, 0.25) is 5.91 Å². The van der Waals surface area contributed by atoms with Crippen LogP contribution in [-0.4, -0.2) is 24.1 Å². The van der Waals surface area contributed by atoms with E-state index in [0.29, 0.717) is 5.02 Å². The average Bonchev–Trinajstić information content (AvgIpc) is 2.39. The Morgan fingerprint density at radius 2 is 2.05 bits per heavy atom. The molecule has 21 heavy (non-hydrogen) atoms. The number of carbonyl (C=O) groups is 1. The highest BCUT2D eigenvalue weighted by molar-refractivity contribution is 7.80. The molecule has 0 aliphatic carbocycles. The van der Waals surface area contributed by atoms with Gasteiger partial charge in [-0.05, 0) is 49.2 Å². The summed E-state index contributed by atoms with van der Waals surface area (Å²) in [6.45, 7) is 5.78. The van der Waals surface area contributed by atoms with E-state index in [-0.39, 0.29) is 11.0 Å². The van der Waals surface area contributed by atoms with E-state index in [1.807, 2.05) is 18.2 Å². The third kappa shape index (κ3) is 4.58. The molecule has 1 aliphatic heterocycles. The number of thiocarbonyl (C=S) groups is 1. The molecule has 0 spiro atoms. The molecule has 2 N–H and O–H groups in total. The molecule has 6 heteroatoms. The molecular weight excluding hydrogens is 306 g/mol. The number of halogens is 1. The molecule has 1 aliphatic rings. The van der Waals surface area contributed by atoms with Crippen LogP contribution in [0.15, 0.2) is 18.2 Å². The van der Waals surface area contributed by atoms with Crippen LogP contribution < -0.4 is 15.5 Å². The van der Waals surface area contributed by atoms with E-state index in [1.54, 1.807) is 0 Å². The van der Waals surface area contributed by atoms with Crippen LogP contribution >= 0.6 is 23.8 Å². The van der Waals surface area contributed by atoms with Crippen molar-refractivity contribution >= 4 is 46.2 Å². The number of nitrogens with zero attached hydrogens (tertiary/aromatic N) is 1. The second kappa shape index (κ2) is 7.09. The van der Waals surface area contributed by atoms with Crippen LogP contribution in [0.3, 0.4) is 0 Å². The number of benzene rings is 1. The highest BCUT2D eigenvalue weighted by Gasteiger charge is 2.18. The van der Waals surface area contributed by atoms with E-state index >= 15 is 0 Å². The Morgan fingerprint density at radius 3 is 2.62 bits per heavy atom. The monoisotopic (exact) mass is 325 g/mol. The molecule has 0 aromatic heterocycles. The Kier molecular flexibility index (Phi) is 5.42. The second-order valence-corrected chi connectivity index (χ2v) is 6.29. The summed E-state index contributed by atoms with van der Waals surface area (Å²) in [5, 5.41) is 6.44. The SMILES string of the molecule is CC(=O)NC(=S)Nc1ccc(N2CCC(C)CC2)c(Cl)c1. The van der Waals surface area contributed by atoms with Crippen LogP contribution in [0.25, 0.3) is 0 Å². The van der Waals surface area contributed by atoms with E-state index in [2.05, 4.69) is 22.5 Å². The zero-order chi connectivity index (χ0) is 15.4. The molecule has 1 amide bonds. The lowest BCUT2D eigenvalue weighted by Crippen LogP contribution is -2.33. The Labute approximate surface area is 135 Å². The van der Waals surface area contributed by atoms with E-state index in [9.17, 15) is 4.79 Å². The molecule has 1 aromatic carbocycles. The number of anilines is 2. The molecule has 0 atom stereocenters. The Bertz CT molecular complexity index is 542. The first-order valence-corrected chi connectivity index (χ1v) is 7.87. The van der Waals surface area contributed by atoms with Gasteiger partial charge >= 0.3 is 0 Å². The molecule has 0 bridgehead atoms. The highest BCUT2D eigenvalue weighted by Crippen LogP contribution is 2.31.